The second-order valence-electron chi connectivity index (χ2n) is 7.67. The SMILES string of the molecule is CN(CCCCCCCCC=CCCCCCCCC(=O)O)CCS(=O)(=O)O. The van der Waals surface area contributed by atoms with Crippen LogP contribution >= 0.6 is 0 Å². The van der Waals surface area contributed by atoms with Crippen LogP contribution in [0.1, 0.15) is 89.9 Å². The van der Waals surface area contributed by atoms with Gasteiger partial charge in [-0.15, -0.1) is 0 Å². The molecule has 0 aromatic heterocycles. The second kappa shape index (κ2) is 18.1. The molecule has 0 aromatic carbocycles. The number of rotatable bonds is 20. The summed E-state index contributed by atoms with van der Waals surface area (Å²) in [7, 11) is -1.96. The summed E-state index contributed by atoms with van der Waals surface area (Å²) in [5.74, 6) is -0.881. The first-order valence-electron chi connectivity index (χ1n) is 10.8. The topological polar surface area (TPSA) is 94.9 Å². The number of carbonyl (C=O) groups is 1. The molecule has 0 aliphatic rings. The zero-order chi connectivity index (χ0) is 21.1. The molecule has 0 saturated heterocycles. The minimum absolute atomic E-state index is 0.191. The predicted octanol–water partition coefficient (Wildman–Crippen LogP) is 4.91. The molecule has 0 aromatic rings. The molecule has 7 heteroatoms. The minimum Gasteiger partial charge on any atom is -0.481 e. The van der Waals surface area contributed by atoms with Gasteiger partial charge in [0.05, 0.1) is 5.75 Å². The number of carboxylic acid groups (broad SMARTS) is 1. The highest BCUT2D eigenvalue weighted by molar-refractivity contribution is 7.85. The van der Waals surface area contributed by atoms with E-state index < -0.39 is 16.1 Å². The average Bonchev–Trinajstić information content (AvgIpc) is 2.61. The van der Waals surface area contributed by atoms with Gasteiger partial charge < -0.3 is 10.0 Å². The molecule has 0 amide bonds. The first-order chi connectivity index (χ1) is 13.3. The molecule has 0 atom stereocenters. The highest BCUT2D eigenvalue weighted by Gasteiger charge is 2.06. The van der Waals surface area contributed by atoms with Crippen molar-refractivity contribution < 1.29 is 22.9 Å². The largest absolute Gasteiger partial charge is 0.481 e. The first kappa shape index (κ1) is 27.1. The molecule has 0 heterocycles. The van der Waals surface area contributed by atoms with Crippen molar-refractivity contribution in [2.24, 2.45) is 0 Å². The van der Waals surface area contributed by atoms with Gasteiger partial charge in [-0.25, -0.2) is 0 Å². The maximum atomic E-state index is 10.7. The van der Waals surface area contributed by atoms with E-state index in [-0.39, 0.29) is 5.75 Å². The molecular formula is C21H41NO5S. The van der Waals surface area contributed by atoms with Crippen LogP contribution in [-0.2, 0) is 14.9 Å². The Morgan fingerprint density at radius 1 is 0.786 bits per heavy atom. The lowest BCUT2D eigenvalue weighted by Crippen LogP contribution is -2.26. The number of aliphatic carboxylic acids is 1. The van der Waals surface area contributed by atoms with Gasteiger partial charge >= 0.3 is 5.97 Å². The van der Waals surface area contributed by atoms with Crippen LogP contribution in [0.15, 0.2) is 12.2 Å². The summed E-state index contributed by atoms with van der Waals surface area (Å²) in [5, 5.41) is 8.55. The Morgan fingerprint density at radius 3 is 1.75 bits per heavy atom. The van der Waals surface area contributed by atoms with Crippen molar-refractivity contribution in [3.8, 4) is 0 Å². The molecule has 0 fully saturated rings. The highest BCUT2D eigenvalue weighted by Crippen LogP contribution is 2.10. The number of carboxylic acids is 1. The fourth-order valence-corrected chi connectivity index (χ4v) is 3.58. The number of nitrogens with zero attached hydrogens (tertiary/aromatic N) is 1. The molecule has 0 bridgehead atoms. The van der Waals surface area contributed by atoms with Gasteiger partial charge in [0.1, 0.15) is 0 Å². The predicted molar refractivity (Wildman–Crippen MR) is 115 cm³/mol. The van der Waals surface area contributed by atoms with Crippen LogP contribution in [0.3, 0.4) is 0 Å². The van der Waals surface area contributed by atoms with Crippen molar-refractivity contribution in [1.29, 1.82) is 0 Å². The lowest BCUT2D eigenvalue weighted by molar-refractivity contribution is -0.137. The molecule has 28 heavy (non-hydrogen) atoms. The van der Waals surface area contributed by atoms with Crippen LogP contribution in [0.4, 0.5) is 0 Å². The van der Waals surface area contributed by atoms with E-state index in [1.54, 1.807) is 0 Å². The van der Waals surface area contributed by atoms with Crippen LogP contribution in [0.5, 0.6) is 0 Å². The molecule has 0 unspecified atom stereocenters. The third-order valence-corrected chi connectivity index (χ3v) is 5.52. The Bertz CT molecular complexity index is 505. The zero-order valence-electron chi connectivity index (χ0n) is 17.7. The molecule has 0 rings (SSSR count). The van der Waals surface area contributed by atoms with E-state index in [0.29, 0.717) is 13.0 Å². The number of unbranched alkanes of at least 4 members (excludes halogenated alkanes) is 11. The van der Waals surface area contributed by atoms with E-state index in [4.69, 9.17) is 9.66 Å². The molecular weight excluding hydrogens is 378 g/mol. The lowest BCUT2D eigenvalue weighted by atomic mass is 10.1. The normalized spacial score (nSPS) is 12.2. The summed E-state index contributed by atoms with van der Waals surface area (Å²) in [4.78, 5) is 12.3. The molecule has 6 nitrogen and oxygen atoms in total. The standard InChI is InChI=1S/C21H41NO5S/c1-22(19-20-28(25,26)27)18-16-14-12-10-8-6-4-2-3-5-7-9-11-13-15-17-21(23)24/h2-3H,4-20H2,1H3,(H,23,24)(H,25,26,27). The monoisotopic (exact) mass is 419 g/mol. The van der Waals surface area contributed by atoms with E-state index in [2.05, 4.69) is 12.2 Å². The van der Waals surface area contributed by atoms with Gasteiger partial charge in [-0.3, -0.25) is 9.35 Å². The number of hydrogen-bond acceptors (Lipinski definition) is 4. The summed E-state index contributed by atoms with van der Waals surface area (Å²) in [6.45, 7) is 1.26. The number of allylic oxidation sites excluding steroid dienone is 2. The molecule has 0 spiro atoms. The van der Waals surface area contributed by atoms with Gasteiger partial charge in [-0.05, 0) is 52.1 Å². The average molecular weight is 420 g/mol. The minimum atomic E-state index is -3.85. The maximum absolute atomic E-state index is 10.7. The van der Waals surface area contributed by atoms with Gasteiger partial charge in [-0.1, -0.05) is 57.1 Å². The van der Waals surface area contributed by atoms with Crippen molar-refractivity contribution in [3.05, 3.63) is 12.2 Å². The maximum Gasteiger partial charge on any atom is 0.303 e. The van der Waals surface area contributed by atoms with Crippen LogP contribution in [0.2, 0.25) is 0 Å². The van der Waals surface area contributed by atoms with Crippen molar-refractivity contribution in [2.45, 2.75) is 89.9 Å². The summed E-state index contributed by atoms with van der Waals surface area (Å²) in [5.41, 5.74) is 0. The van der Waals surface area contributed by atoms with E-state index >= 15 is 0 Å². The molecule has 166 valence electrons. The Hall–Kier alpha value is -0.920. The number of hydrogen-bond donors (Lipinski definition) is 2. The van der Waals surface area contributed by atoms with Crippen LogP contribution in [-0.4, -0.2) is 54.8 Å². The zero-order valence-corrected chi connectivity index (χ0v) is 18.5. The Balaban J connectivity index is 3.26. The van der Waals surface area contributed by atoms with Gasteiger partial charge in [0.25, 0.3) is 10.1 Å². The highest BCUT2D eigenvalue weighted by atomic mass is 32.2. The van der Waals surface area contributed by atoms with Crippen molar-refractivity contribution in [2.75, 3.05) is 25.9 Å². The molecule has 0 aliphatic heterocycles. The fourth-order valence-electron chi connectivity index (χ4n) is 3.04. The summed E-state index contributed by atoms with van der Waals surface area (Å²) in [6.07, 6.45) is 19.7. The Kier molecular flexibility index (Phi) is 17.5. The van der Waals surface area contributed by atoms with Crippen LogP contribution < -0.4 is 0 Å². The second-order valence-corrected chi connectivity index (χ2v) is 9.24. The lowest BCUT2D eigenvalue weighted by Gasteiger charge is -2.15. The Labute approximate surface area is 172 Å². The van der Waals surface area contributed by atoms with E-state index in [1.807, 2.05) is 11.9 Å². The Morgan fingerprint density at radius 2 is 1.25 bits per heavy atom. The fraction of sp³-hybridized carbons (Fsp3) is 0.857. The molecule has 0 radical (unpaired) electrons. The molecule has 0 aliphatic carbocycles. The van der Waals surface area contributed by atoms with E-state index in [0.717, 1.165) is 45.1 Å². The smallest absolute Gasteiger partial charge is 0.303 e. The third kappa shape index (κ3) is 23.1. The summed E-state index contributed by atoms with van der Waals surface area (Å²) in [6, 6.07) is 0. The summed E-state index contributed by atoms with van der Waals surface area (Å²) >= 11 is 0. The molecule has 0 saturated carbocycles. The van der Waals surface area contributed by atoms with Gasteiger partial charge in [-0.2, -0.15) is 8.42 Å². The molecule has 2 N–H and O–H groups in total. The van der Waals surface area contributed by atoms with Crippen LogP contribution in [0, 0.1) is 0 Å². The van der Waals surface area contributed by atoms with E-state index in [9.17, 15) is 13.2 Å². The van der Waals surface area contributed by atoms with Gasteiger partial charge in [0.15, 0.2) is 0 Å². The van der Waals surface area contributed by atoms with Crippen molar-refractivity contribution in [1.82, 2.24) is 4.90 Å². The quantitative estimate of drug-likeness (QED) is 0.165. The summed E-state index contributed by atoms with van der Waals surface area (Å²) < 4.78 is 30.1. The third-order valence-electron chi connectivity index (χ3n) is 4.82. The van der Waals surface area contributed by atoms with Crippen LogP contribution in [0.25, 0.3) is 0 Å². The van der Waals surface area contributed by atoms with E-state index in [1.165, 1.54) is 44.9 Å². The van der Waals surface area contributed by atoms with Crippen molar-refractivity contribution >= 4 is 16.1 Å². The van der Waals surface area contributed by atoms with Gasteiger partial charge in [0.2, 0.25) is 0 Å². The van der Waals surface area contributed by atoms with Gasteiger partial charge in [0, 0.05) is 13.0 Å². The van der Waals surface area contributed by atoms with Crippen molar-refractivity contribution in [3.63, 3.8) is 0 Å². The first-order valence-corrected chi connectivity index (χ1v) is 12.4.